The van der Waals surface area contributed by atoms with E-state index in [0.717, 1.165) is 19.5 Å². The number of para-hydroxylation sites is 1. The van der Waals surface area contributed by atoms with Gasteiger partial charge in [0, 0.05) is 25.3 Å². The van der Waals surface area contributed by atoms with Gasteiger partial charge in [-0.15, -0.1) is 0 Å². The molecule has 0 aliphatic carbocycles. The summed E-state index contributed by atoms with van der Waals surface area (Å²) in [5.41, 5.74) is 1.26. The highest BCUT2D eigenvalue weighted by Gasteiger charge is 2.24. The number of carbonyl (C=O) groups is 1. The van der Waals surface area contributed by atoms with Crippen molar-refractivity contribution in [2.75, 3.05) is 24.5 Å². The van der Waals surface area contributed by atoms with Gasteiger partial charge in [-0.1, -0.05) is 18.2 Å². The van der Waals surface area contributed by atoms with E-state index in [0.29, 0.717) is 12.5 Å². The van der Waals surface area contributed by atoms with Crippen LogP contribution in [0.15, 0.2) is 43.0 Å². The molecule has 6 nitrogen and oxygen atoms in total. The highest BCUT2D eigenvalue weighted by atomic mass is 16.2. The summed E-state index contributed by atoms with van der Waals surface area (Å²) < 4.78 is 1.57. The maximum atomic E-state index is 12.1. The third-order valence-electron chi connectivity index (χ3n) is 4.19. The molecular weight excluding hydrogens is 278 g/mol. The second kappa shape index (κ2) is 6.60. The van der Waals surface area contributed by atoms with E-state index in [1.165, 1.54) is 12.0 Å². The van der Waals surface area contributed by atoms with E-state index < -0.39 is 0 Å². The van der Waals surface area contributed by atoms with Gasteiger partial charge in [-0.2, -0.15) is 5.10 Å². The van der Waals surface area contributed by atoms with Gasteiger partial charge in [0.05, 0.1) is 0 Å². The molecule has 1 aliphatic heterocycles. The number of nitrogens with zero attached hydrogens (tertiary/aromatic N) is 4. The van der Waals surface area contributed by atoms with Gasteiger partial charge in [0.25, 0.3) is 0 Å². The normalized spacial score (nSPS) is 19.1. The number of carbonyl (C=O) groups excluding carboxylic acids is 1. The number of benzene rings is 1. The lowest BCUT2D eigenvalue weighted by molar-refractivity contribution is -0.124. The minimum atomic E-state index is -0.325. The van der Waals surface area contributed by atoms with Crippen molar-refractivity contribution in [1.29, 1.82) is 0 Å². The predicted octanol–water partition coefficient (Wildman–Crippen LogP) is 1.48. The summed E-state index contributed by atoms with van der Waals surface area (Å²) in [5, 5.41) is 7.04. The minimum Gasteiger partial charge on any atom is -0.371 e. The highest BCUT2D eigenvalue weighted by Crippen LogP contribution is 2.23. The largest absolute Gasteiger partial charge is 0.371 e. The van der Waals surface area contributed by atoms with E-state index in [1.807, 2.05) is 13.0 Å². The van der Waals surface area contributed by atoms with E-state index in [-0.39, 0.29) is 11.9 Å². The summed E-state index contributed by atoms with van der Waals surface area (Å²) in [6.07, 6.45) is 4.11. The first-order valence-electron chi connectivity index (χ1n) is 7.66. The van der Waals surface area contributed by atoms with Gasteiger partial charge >= 0.3 is 0 Å². The average Bonchev–Trinajstić information content (AvgIpc) is 3.24. The first kappa shape index (κ1) is 14.6. The van der Waals surface area contributed by atoms with Crippen LogP contribution in [0.2, 0.25) is 0 Å². The molecule has 1 aliphatic rings. The first-order valence-corrected chi connectivity index (χ1v) is 7.66. The summed E-state index contributed by atoms with van der Waals surface area (Å²) in [6.45, 7) is 4.57. The number of nitrogens with one attached hydrogen (secondary N) is 1. The minimum absolute atomic E-state index is 0.0105. The quantitative estimate of drug-likeness (QED) is 0.908. The molecule has 0 bridgehead atoms. The lowest BCUT2D eigenvalue weighted by Crippen LogP contribution is -2.35. The lowest BCUT2D eigenvalue weighted by atomic mass is 10.1. The van der Waals surface area contributed by atoms with Crippen molar-refractivity contribution < 1.29 is 4.79 Å². The van der Waals surface area contributed by atoms with Crippen LogP contribution in [0, 0.1) is 5.92 Å². The fraction of sp³-hybridized carbons (Fsp3) is 0.438. The molecule has 2 atom stereocenters. The number of hydrogen-bond acceptors (Lipinski definition) is 4. The fourth-order valence-corrected chi connectivity index (χ4v) is 2.80. The summed E-state index contributed by atoms with van der Waals surface area (Å²) in [4.78, 5) is 18.4. The Morgan fingerprint density at radius 1 is 1.41 bits per heavy atom. The molecule has 0 radical (unpaired) electrons. The molecule has 2 aromatic rings. The molecule has 3 rings (SSSR count). The number of hydrogen-bond donors (Lipinski definition) is 1. The van der Waals surface area contributed by atoms with Crippen molar-refractivity contribution >= 4 is 11.6 Å². The smallest absolute Gasteiger partial charge is 0.244 e. The van der Waals surface area contributed by atoms with E-state index in [4.69, 9.17) is 0 Å². The number of amides is 1. The molecular formula is C16H21N5O. The molecule has 22 heavy (non-hydrogen) atoms. The van der Waals surface area contributed by atoms with E-state index in [1.54, 1.807) is 11.0 Å². The van der Waals surface area contributed by atoms with Crippen LogP contribution in [0.25, 0.3) is 0 Å². The standard InChI is InChI=1S/C16H21N5O/c1-13(21-12-17-11-19-21)16(22)18-9-14-7-8-20(10-14)15-5-3-2-4-6-15/h2-6,11-14H,7-10H2,1H3,(H,18,22)/t13-,14-/m0/s1. The van der Waals surface area contributed by atoms with E-state index in [2.05, 4.69) is 44.6 Å². The van der Waals surface area contributed by atoms with Gasteiger partial charge in [0.15, 0.2) is 0 Å². The lowest BCUT2D eigenvalue weighted by Gasteiger charge is -2.19. The highest BCUT2D eigenvalue weighted by molar-refractivity contribution is 5.79. The van der Waals surface area contributed by atoms with Crippen LogP contribution in [0.3, 0.4) is 0 Å². The van der Waals surface area contributed by atoms with Crippen molar-refractivity contribution in [2.45, 2.75) is 19.4 Å². The Bertz CT molecular complexity index is 598. The van der Waals surface area contributed by atoms with Crippen LogP contribution in [0.5, 0.6) is 0 Å². The molecule has 0 saturated carbocycles. The average molecular weight is 299 g/mol. The Kier molecular flexibility index (Phi) is 4.37. The molecule has 1 amide bonds. The number of aromatic nitrogens is 3. The van der Waals surface area contributed by atoms with Gasteiger partial charge < -0.3 is 10.2 Å². The topological polar surface area (TPSA) is 63.1 Å². The summed E-state index contributed by atoms with van der Waals surface area (Å²) >= 11 is 0. The van der Waals surface area contributed by atoms with Gasteiger partial charge in [-0.3, -0.25) is 4.79 Å². The molecule has 6 heteroatoms. The van der Waals surface area contributed by atoms with E-state index >= 15 is 0 Å². The van der Waals surface area contributed by atoms with Crippen molar-refractivity contribution in [3.05, 3.63) is 43.0 Å². The van der Waals surface area contributed by atoms with Crippen LogP contribution in [-0.2, 0) is 4.79 Å². The Morgan fingerprint density at radius 3 is 2.95 bits per heavy atom. The SMILES string of the molecule is C[C@@H](C(=O)NC[C@@H]1CCN(c2ccccc2)C1)n1cncn1. The molecule has 1 aromatic carbocycles. The first-order chi connectivity index (χ1) is 10.7. The number of rotatable bonds is 5. The Labute approximate surface area is 130 Å². The zero-order valence-corrected chi connectivity index (χ0v) is 12.7. The second-order valence-corrected chi connectivity index (χ2v) is 5.73. The van der Waals surface area contributed by atoms with Gasteiger partial charge in [-0.05, 0) is 31.4 Å². The van der Waals surface area contributed by atoms with Crippen molar-refractivity contribution in [1.82, 2.24) is 20.1 Å². The summed E-state index contributed by atoms with van der Waals surface area (Å²) in [7, 11) is 0. The van der Waals surface area contributed by atoms with Crippen molar-refractivity contribution in [2.24, 2.45) is 5.92 Å². The van der Waals surface area contributed by atoms with E-state index in [9.17, 15) is 4.79 Å². The van der Waals surface area contributed by atoms with Gasteiger partial charge in [0.2, 0.25) is 5.91 Å². The Morgan fingerprint density at radius 2 is 2.23 bits per heavy atom. The predicted molar refractivity (Wildman–Crippen MR) is 84.5 cm³/mol. The summed E-state index contributed by atoms with van der Waals surface area (Å²) in [5.74, 6) is 0.482. The van der Waals surface area contributed by atoms with Crippen LogP contribution in [0.1, 0.15) is 19.4 Å². The molecule has 116 valence electrons. The van der Waals surface area contributed by atoms with Crippen LogP contribution >= 0.6 is 0 Å². The molecule has 1 aromatic heterocycles. The van der Waals surface area contributed by atoms with Gasteiger partial charge in [0.1, 0.15) is 18.7 Å². The van der Waals surface area contributed by atoms with Crippen LogP contribution < -0.4 is 10.2 Å². The zero-order valence-electron chi connectivity index (χ0n) is 12.7. The third-order valence-corrected chi connectivity index (χ3v) is 4.19. The fourth-order valence-electron chi connectivity index (χ4n) is 2.80. The molecule has 2 heterocycles. The van der Waals surface area contributed by atoms with Gasteiger partial charge in [-0.25, -0.2) is 9.67 Å². The Balaban J connectivity index is 1.48. The number of anilines is 1. The second-order valence-electron chi connectivity index (χ2n) is 5.73. The maximum Gasteiger partial charge on any atom is 0.244 e. The third kappa shape index (κ3) is 3.27. The zero-order chi connectivity index (χ0) is 15.4. The Hall–Kier alpha value is -2.37. The molecule has 0 unspecified atom stereocenters. The molecule has 0 spiro atoms. The molecule has 1 fully saturated rings. The van der Waals surface area contributed by atoms with Crippen molar-refractivity contribution in [3.63, 3.8) is 0 Å². The monoisotopic (exact) mass is 299 g/mol. The molecule has 1 N–H and O–H groups in total. The van der Waals surface area contributed by atoms with Crippen LogP contribution in [0.4, 0.5) is 5.69 Å². The van der Waals surface area contributed by atoms with Crippen molar-refractivity contribution in [3.8, 4) is 0 Å². The van der Waals surface area contributed by atoms with Crippen LogP contribution in [-0.4, -0.2) is 40.3 Å². The maximum absolute atomic E-state index is 12.1. The molecule has 1 saturated heterocycles. The summed E-state index contributed by atoms with van der Waals surface area (Å²) in [6, 6.07) is 10.1.